The molecule has 0 aliphatic heterocycles. The summed E-state index contributed by atoms with van der Waals surface area (Å²) in [5.41, 5.74) is 1.76. The van der Waals surface area contributed by atoms with Gasteiger partial charge < -0.3 is 9.72 Å². The van der Waals surface area contributed by atoms with Crippen molar-refractivity contribution < 1.29 is 4.74 Å². The van der Waals surface area contributed by atoms with Gasteiger partial charge in [-0.05, 0) is 6.07 Å². The monoisotopic (exact) mass is 253 g/mol. The number of hydrogen-bond donors (Lipinski definition) is 1. The lowest BCUT2D eigenvalue weighted by Gasteiger charge is -2.08. The number of nitrogens with one attached hydrogen (secondary N) is 1. The van der Waals surface area contributed by atoms with Gasteiger partial charge in [0, 0.05) is 17.1 Å². The number of aromatic amines is 1. The Morgan fingerprint density at radius 2 is 2.00 bits per heavy atom. The molecule has 2 aromatic heterocycles. The van der Waals surface area contributed by atoms with E-state index in [1.165, 1.54) is 13.4 Å². The second-order valence-corrected chi connectivity index (χ2v) is 3.99. The average Bonchev–Trinajstić information content (AvgIpc) is 2.46. The van der Waals surface area contributed by atoms with Crippen LogP contribution in [0.25, 0.3) is 22.2 Å². The van der Waals surface area contributed by atoms with E-state index in [1.807, 2.05) is 30.3 Å². The van der Waals surface area contributed by atoms with Gasteiger partial charge in [0.25, 0.3) is 5.56 Å². The first kappa shape index (κ1) is 11.4. The fourth-order valence-corrected chi connectivity index (χ4v) is 2.06. The van der Waals surface area contributed by atoms with E-state index in [0.717, 1.165) is 16.5 Å². The first-order chi connectivity index (χ1) is 9.31. The molecule has 1 N–H and O–H groups in total. The lowest BCUT2D eigenvalue weighted by Crippen LogP contribution is -2.11. The number of pyridine rings is 1. The van der Waals surface area contributed by atoms with E-state index in [0.29, 0.717) is 5.69 Å². The first-order valence-corrected chi connectivity index (χ1v) is 5.77. The number of nitrogens with zero attached hydrogens (tertiary/aromatic N) is 2. The van der Waals surface area contributed by atoms with Gasteiger partial charge in [0.2, 0.25) is 5.75 Å². The maximum Gasteiger partial charge on any atom is 0.293 e. The minimum Gasteiger partial charge on any atom is -0.490 e. The van der Waals surface area contributed by atoms with Crippen LogP contribution in [-0.4, -0.2) is 22.1 Å². The molecule has 2 heterocycles. The molecule has 0 radical (unpaired) electrons. The predicted molar refractivity (Wildman–Crippen MR) is 72.1 cm³/mol. The third kappa shape index (κ3) is 1.85. The summed E-state index contributed by atoms with van der Waals surface area (Å²) in [5.74, 6) is 0.195. The van der Waals surface area contributed by atoms with Gasteiger partial charge in [0.05, 0.1) is 19.0 Å². The lowest BCUT2D eigenvalue weighted by molar-refractivity contribution is 0.408. The highest BCUT2D eigenvalue weighted by atomic mass is 16.5. The van der Waals surface area contributed by atoms with Crippen molar-refractivity contribution >= 4 is 10.9 Å². The Morgan fingerprint density at radius 3 is 2.84 bits per heavy atom. The summed E-state index contributed by atoms with van der Waals surface area (Å²) in [7, 11) is 1.45. The highest BCUT2D eigenvalue weighted by molar-refractivity contribution is 5.93. The molecular weight excluding hydrogens is 242 g/mol. The van der Waals surface area contributed by atoms with Gasteiger partial charge in [-0.25, -0.2) is 4.98 Å². The van der Waals surface area contributed by atoms with E-state index in [2.05, 4.69) is 15.0 Å². The molecule has 0 amide bonds. The zero-order valence-corrected chi connectivity index (χ0v) is 10.3. The molecule has 3 aromatic rings. The third-order valence-electron chi connectivity index (χ3n) is 2.90. The van der Waals surface area contributed by atoms with E-state index < -0.39 is 0 Å². The Morgan fingerprint density at radius 1 is 1.16 bits per heavy atom. The summed E-state index contributed by atoms with van der Waals surface area (Å²) in [5, 5.41) is 0.990. The van der Waals surface area contributed by atoms with Crippen LogP contribution in [0.15, 0.2) is 47.7 Å². The standard InChI is InChI=1S/C14H11N3O2/c1-19-13-12(16-8-17-14(13)18)10-6-2-4-9-5-3-7-15-11(9)10/h2-8H,1H3,(H,16,17,18). The smallest absolute Gasteiger partial charge is 0.293 e. The summed E-state index contributed by atoms with van der Waals surface area (Å²) < 4.78 is 5.15. The molecule has 0 atom stereocenters. The fourth-order valence-electron chi connectivity index (χ4n) is 2.06. The van der Waals surface area contributed by atoms with Crippen LogP contribution in [0, 0.1) is 0 Å². The Hall–Kier alpha value is -2.69. The zero-order valence-electron chi connectivity index (χ0n) is 10.3. The van der Waals surface area contributed by atoms with Gasteiger partial charge in [-0.2, -0.15) is 0 Å². The Labute approximate surface area is 108 Å². The molecule has 94 valence electrons. The number of H-pyrrole nitrogens is 1. The van der Waals surface area contributed by atoms with E-state index >= 15 is 0 Å². The van der Waals surface area contributed by atoms with E-state index in [9.17, 15) is 4.79 Å². The number of fused-ring (bicyclic) bond motifs is 1. The molecule has 0 bridgehead atoms. The zero-order chi connectivity index (χ0) is 13.2. The quantitative estimate of drug-likeness (QED) is 0.758. The molecule has 0 aliphatic carbocycles. The highest BCUT2D eigenvalue weighted by Crippen LogP contribution is 2.29. The van der Waals surface area contributed by atoms with Gasteiger partial charge in [-0.15, -0.1) is 0 Å². The van der Waals surface area contributed by atoms with E-state index in [1.54, 1.807) is 6.20 Å². The topological polar surface area (TPSA) is 67.9 Å². The lowest BCUT2D eigenvalue weighted by atomic mass is 10.1. The van der Waals surface area contributed by atoms with Crippen LogP contribution in [-0.2, 0) is 0 Å². The van der Waals surface area contributed by atoms with Crippen molar-refractivity contribution in [2.24, 2.45) is 0 Å². The number of hydrogen-bond acceptors (Lipinski definition) is 4. The second kappa shape index (κ2) is 4.53. The van der Waals surface area contributed by atoms with Crippen molar-refractivity contribution in [2.45, 2.75) is 0 Å². The average molecular weight is 253 g/mol. The van der Waals surface area contributed by atoms with Crippen molar-refractivity contribution in [2.75, 3.05) is 7.11 Å². The molecule has 1 aromatic carbocycles. The number of rotatable bonds is 2. The van der Waals surface area contributed by atoms with Crippen molar-refractivity contribution in [3.05, 3.63) is 53.2 Å². The van der Waals surface area contributed by atoms with Crippen LogP contribution >= 0.6 is 0 Å². The van der Waals surface area contributed by atoms with Crippen molar-refractivity contribution in [1.29, 1.82) is 0 Å². The van der Waals surface area contributed by atoms with Crippen LogP contribution < -0.4 is 10.3 Å². The summed E-state index contributed by atoms with van der Waals surface area (Å²) in [6, 6.07) is 9.58. The molecule has 0 aliphatic rings. The normalized spacial score (nSPS) is 10.6. The summed E-state index contributed by atoms with van der Waals surface area (Å²) in [6.07, 6.45) is 3.08. The molecule has 0 unspecified atom stereocenters. The maximum atomic E-state index is 11.7. The molecule has 0 saturated carbocycles. The SMILES string of the molecule is COc1c(-c2cccc3cccnc23)nc[nH]c1=O. The largest absolute Gasteiger partial charge is 0.490 e. The third-order valence-corrected chi connectivity index (χ3v) is 2.90. The summed E-state index contributed by atoms with van der Waals surface area (Å²) in [4.78, 5) is 22.8. The van der Waals surface area contributed by atoms with Crippen LogP contribution in [0.4, 0.5) is 0 Å². The van der Waals surface area contributed by atoms with Gasteiger partial charge in [-0.3, -0.25) is 9.78 Å². The molecule has 0 saturated heterocycles. The van der Waals surface area contributed by atoms with Gasteiger partial charge in [-0.1, -0.05) is 24.3 Å². The molecular formula is C14H11N3O2. The Bertz CT molecular complexity index is 791. The highest BCUT2D eigenvalue weighted by Gasteiger charge is 2.14. The molecule has 0 fully saturated rings. The van der Waals surface area contributed by atoms with E-state index in [-0.39, 0.29) is 11.3 Å². The van der Waals surface area contributed by atoms with Gasteiger partial charge in [0.1, 0.15) is 5.69 Å². The summed E-state index contributed by atoms with van der Waals surface area (Å²) >= 11 is 0. The molecule has 0 spiro atoms. The van der Waals surface area contributed by atoms with Gasteiger partial charge >= 0.3 is 0 Å². The van der Waals surface area contributed by atoms with Crippen molar-refractivity contribution in [3.63, 3.8) is 0 Å². The van der Waals surface area contributed by atoms with Crippen molar-refractivity contribution in [1.82, 2.24) is 15.0 Å². The number of benzene rings is 1. The van der Waals surface area contributed by atoms with Crippen LogP contribution in [0.2, 0.25) is 0 Å². The Balaban J connectivity index is 2.37. The van der Waals surface area contributed by atoms with Crippen LogP contribution in [0.3, 0.4) is 0 Å². The number of ether oxygens (including phenoxy) is 1. The molecule has 5 nitrogen and oxygen atoms in total. The molecule has 19 heavy (non-hydrogen) atoms. The fraction of sp³-hybridized carbons (Fsp3) is 0.0714. The minimum atomic E-state index is -0.305. The molecule has 3 rings (SSSR count). The Kier molecular flexibility index (Phi) is 2.72. The van der Waals surface area contributed by atoms with E-state index in [4.69, 9.17) is 4.74 Å². The number of para-hydroxylation sites is 1. The van der Waals surface area contributed by atoms with Crippen molar-refractivity contribution in [3.8, 4) is 17.0 Å². The summed E-state index contributed by atoms with van der Waals surface area (Å²) in [6.45, 7) is 0. The van der Waals surface area contributed by atoms with Crippen LogP contribution in [0.1, 0.15) is 0 Å². The second-order valence-electron chi connectivity index (χ2n) is 3.99. The van der Waals surface area contributed by atoms with Gasteiger partial charge in [0.15, 0.2) is 0 Å². The molecule has 5 heteroatoms. The van der Waals surface area contributed by atoms with Crippen LogP contribution in [0.5, 0.6) is 5.75 Å². The first-order valence-electron chi connectivity index (χ1n) is 5.77. The predicted octanol–water partition coefficient (Wildman–Crippen LogP) is 1.99. The maximum absolute atomic E-state index is 11.7. The number of aromatic nitrogens is 3. The number of methoxy groups -OCH3 is 1. The minimum absolute atomic E-state index is 0.195.